The molecule has 3 aliphatic rings. The van der Waals surface area contributed by atoms with Gasteiger partial charge in [-0.15, -0.1) is 0 Å². The van der Waals surface area contributed by atoms with Crippen LogP contribution in [0.15, 0.2) is 47.4 Å². The Balaban J connectivity index is 1.07. The highest BCUT2D eigenvalue weighted by molar-refractivity contribution is 7.90. The molecule has 1 atom stereocenters. The number of halogens is 3. The van der Waals surface area contributed by atoms with Crippen molar-refractivity contribution in [3.05, 3.63) is 53.1 Å². The van der Waals surface area contributed by atoms with E-state index in [1.807, 2.05) is 12.1 Å². The van der Waals surface area contributed by atoms with Crippen LogP contribution in [0, 0.1) is 11.3 Å². The summed E-state index contributed by atoms with van der Waals surface area (Å²) in [6.07, 6.45) is 2.19. The van der Waals surface area contributed by atoms with E-state index in [2.05, 4.69) is 10.2 Å². The summed E-state index contributed by atoms with van der Waals surface area (Å²) in [7, 11) is -3.29. The Morgan fingerprint density at radius 1 is 1.00 bits per heavy atom. The number of carbonyl (C=O) groups excluding carboxylic acids is 2. The lowest BCUT2D eigenvalue weighted by Crippen LogP contribution is -2.51. The minimum atomic E-state index is -3.29. The van der Waals surface area contributed by atoms with Crippen LogP contribution in [0.25, 0.3) is 0 Å². The molecule has 1 saturated heterocycles. The zero-order valence-electron chi connectivity index (χ0n) is 22.9. The third-order valence-electron chi connectivity index (χ3n) is 8.45. The van der Waals surface area contributed by atoms with Crippen LogP contribution >= 0.6 is 11.6 Å². The number of benzene rings is 2. The summed E-state index contributed by atoms with van der Waals surface area (Å²) in [4.78, 5) is 29.5. The van der Waals surface area contributed by atoms with Crippen molar-refractivity contribution in [2.24, 2.45) is 11.3 Å². The highest BCUT2D eigenvalue weighted by atomic mass is 35.5. The van der Waals surface area contributed by atoms with Crippen molar-refractivity contribution in [1.29, 1.82) is 0 Å². The van der Waals surface area contributed by atoms with Gasteiger partial charge in [0.2, 0.25) is 17.7 Å². The molecule has 2 saturated carbocycles. The molecule has 0 bridgehead atoms. The zero-order valence-corrected chi connectivity index (χ0v) is 24.4. The minimum absolute atomic E-state index is 0.0816. The SMILES string of the molecule is CS(=O)(=O)c1ccc(Oc2cc(Cl)cc(CN3CCN(C(=O)CNC(=O)C4CC45CCC(F)(F)CC5)CC3)c2)cc1. The van der Waals surface area contributed by atoms with Gasteiger partial charge in [0.15, 0.2) is 9.84 Å². The molecule has 1 N–H and O–H groups in total. The summed E-state index contributed by atoms with van der Waals surface area (Å²) < 4.78 is 56.2. The monoisotopic (exact) mass is 609 g/mol. The van der Waals surface area contributed by atoms with Crippen LogP contribution in [0.1, 0.15) is 37.7 Å². The third-order valence-corrected chi connectivity index (χ3v) is 9.79. The van der Waals surface area contributed by atoms with Gasteiger partial charge >= 0.3 is 0 Å². The quantitative estimate of drug-likeness (QED) is 0.473. The molecular weight excluding hydrogens is 576 g/mol. The fraction of sp³-hybridized carbons (Fsp3) is 0.517. The Bertz CT molecular complexity index is 1400. The van der Waals surface area contributed by atoms with Gasteiger partial charge in [-0.3, -0.25) is 14.5 Å². The van der Waals surface area contributed by atoms with E-state index >= 15 is 0 Å². The maximum atomic E-state index is 13.5. The number of hydrogen-bond acceptors (Lipinski definition) is 6. The first-order valence-corrected chi connectivity index (χ1v) is 16.0. The lowest BCUT2D eigenvalue weighted by Gasteiger charge is -2.35. The van der Waals surface area contributed by atoms with E-state index in [0.29, 0.717) is 68.5 Å². The molecule has 5 rings (SSSR count). The second-order valence-electron chi connectivity index (χ2n) is 11.5. The molecule has 222 valence electrons. The molecule has 2 aromatic rings. The van der Waals surface area contributed by atoms with Crippen molar-refractivity contribution in [2.45, 2.75) is 49.5 Å². The average Bonchev–Trinajstić information content (AvgIpc) is 3.63. The molecule has 2 aromatic carbocycles. The number of nitrogens with zero attached hydrogens (tertiary/aromatic N) is 2. The number of nitrogens with one attached hydrogen (secondary N) is 1. The maximum absolute atomic E-state index is 13.5. The smallest absolute Gasteiger partial charge is 0.248 e. The summed E-state index contributed by atoms with van der Waals surface area (Å²) in [5, 5.41) is 3.25. The van der Waals surface area contributed by atoms with Crippen molar-refractivity contribution >= 4 is 33.3 Å². The topological polar surface area (TPSA) is 96.0 Å². The Morgan fingerprint density at radius 3 is 2.29 bits per heavy atom. The summed E-state index contributed by atoms with van der Waals surface area (Å²) in [5.74, 6) is -2.21. The number of alkyl halides is 2. The van der Waals surface area contributed by atoms with E-state index in [1.54, 1.807) is 23.1 Å². The number of amides is 2. The minimum Gasteiger partial charge on any atom is -0.457 e. The van der Waals surface area contributed by atoms with Gasteiger partial charge in [-0.25, -0.2) is 17.2 Å². The molecule has 1 aliphatic heterocycles. The predicted molar refractivity (Wildman–Crippen MR) is 150 cm³/mol. The summed E-state index contributed by atoms with van der Waals surface area (Å²) in [5.41, 5.74) is 0.639. The van der Waals surface area contributed by atoms with Crippen LogP contribution in [0.4, 0.5) is 8.78 Å². The van der Waals surface area contributed by atoms with Gasteiger partial charge in [0.05, 0.1) is 11.4 Å². The fourth-order valence-electron chi connectivity index (χ4n) is 5.86. The fourth-order valence-corrected chi connectivity index (χ4v) is 6.74. The lowest BCUT2D eigenvalue weighted by molar-refractivity contribution is -0.135. The number of rotatable bonds is 8. The molecule has 3 fully saturated rings. The number of carbonyl (C=O) groups is 2. The van der Waals surface area contributed by atoms with E-state index in [0.717, 1.165) is 11.8 Å². The van der Waals surface area contributed by atoms with Crippen LogP contribution < -0.4 is 10.1 Å². The molecule has 1 unspecified atom stereocenters. The van der Waals surface area contributed by atoms with Crippen LogP contribution in [-0.4, -0.2) is 74.9 Å². The van der Waals surface area contributed by atoms with Gasteiger partial charge < -0.3 is 15.0 Å². The molecule has 41 heavy (non-hydrogen) atoms. The highest BCUT2D eigenvalue weighted by Crippen LogP contribution is 2.63. The molecule has 0 radical (unpaired) electrons. The van der Waals surface area contributed by atoms with Crippen LogP contribution in [0.5, 0.6) is 11.5 Å². The van der Waals surface area contributed by atoms with Gasteiger partial charge in [-0.1, -0.05) is 11.6 Å². The van der Waals surface area contributed by atoms with Crippen LogP contribution in [0.2, 0.25) is 5.02 Å². The van der Waals surface area contributed by atoms with E-state index in [9.17, 15) is 26.8 Å². The first-order valence-electron chi connectivity index (χ1n) is 13.8. The second kappa shape index (κ2) is 11.5. The first-order chi connectivity index (χ1) is 19.3. The largest absolute Gasteiger partial charge is 0.457 e. The Hall–Kier alpha value is -2.76. The van der Waals surface area contributed by atoms with Crippen molar-refractivity contribution in [3.63, 3.8) is 0 Å². The molecule has 2 amide bonds. The predicted octanol–water partition coefficient (Wildman–Crippen LogP) is 4.51. The second-order valence-corrected chi connectivity index (χ2v) is 13.9. The standard InChI is InChI=1S/C29H34ClF2N3O5S/c1-41(38,39)24-4-2-22(3-5-24)40-23-15-20(14-21(30)16-23)19-34-10-12-35(13-11-34)26(36)18-33-27(37)25-17-28(25)6-8-29(31,32)9-7-28/h2-5,14-16,25H,6-13,17-19H2,1H3,(H,33,37). The molecule has 1 spiro atoms. The van der Waals surface area contributed by atoms with Gasteiger partial charge in [-0.05, 0) is 72.7 Å². The van der Waals surface area contributed by atoms with Gasteiger partial charge in [0.25, 0.3) is 0 Å². The maximum Gasteiger partial charge on any atom is 0.248 e. The van der Waals surface area contributed by atoms with Crippen molar-refractivity contribution in [2.75, 3.05) is 39.0 Å². The summed E-state index contributed by atoms with van der Waals surface area (Å²) >= 11 is 6.33. The van der Waals surface area contributed by atoms with Crippen LogP contribution in [0.3, 0.4) is 0 Å². The molecule has 12 heteroatoms. The lowest BCUT2D eigenvalue weighted by atomic mass is 9.82. The number of ether oxygens (including phenoxy) is 1. The highest BCUT2D eigenvalue weighted by Gasteiger charge is 2.60. The Morgan fingerprint density at radius 2 is 1.66 bits per heavy atom. The van der Waals surface area contributed by atoms with Gasteiger partial charge in [0, 0.05) is 62.8 Å². The number of sulfone groups is 1. The normalized spacial score (nSPS) is 21.9. The van der Waals surface area contributed by atoms with Crippen molar-refractivity contribution in [1.82, 2.24) is 15.1 Å². The van der Waals surface area contributed by atoms with E-state index in [-0.39, 0.29) is 47.4 Å². The van der Waals surface area contributed by atoms with Gasteiger partial charge in [-0.2, -0.15) is 0 Å². The van der Waals surface area contributed by atoms with Crippen molar-refractivity contribution < 1.29 is 31.5 Å². The zero-order chi connectivity index (χ0) is 29.4. The van der Waals surface area contributed by atoms with E-state index < -0.39 is 15.8 Å². The molecule has 1 heterocycles. The van der Waals surface area contributed by atoms with Crippen molar-refractivity contribution in [3.8, 4) is 11.5 Å². The Labute approximate surface area is 243 Å². The number of hydrogen-bond donors (Lipinski definition) is 1. The summed E-state index contributed by atoms with van der Waals surface area (Å²) in [6, 6.07) is 11.6. The Kier molecular flexibility index (Phi) is 8.33. The van der Waals surface area contributed by atoms with Gasteiger partial charge in [0.1, 0.15) is 11.5 Å². The molecule has 8 nitrogen and oxygen atoms in total. The molecular formula is C29H34ClF2N3O5S. The third kappa shape index (κ3) is 7.37. The van der Waals surface area contributed by atoms with Crippen LogP contribution in [-0.2, 0) is 26.0 Å². The summed E-state index contributed by atoms with van der Waals surface area (Å²) in [6.45, 7) is 2.86. The molecule has 0 aromatic heterocycles. The number of piperazine rings is 1. The van der Waals surface area contributed by atoms with E-state index in [1.165, 1.54) is 12.1 Å². The molecule has 2 aliphatic carbocycles. The van der Waals surface area contributed by atoms with E-state index in [4.69, 9.17) is 16.3 Å². The first kappa shape index (κ1) is 29.7. The average molecular weight is 610 g/mol.